The van der Waals surface area contributed by atoms with Gasteiger partial charge in [0.05, 0.1) is 35.5 Å². The molecule has 0 aliphatic heterocycles. The van der Waals surface area contributed by atoms with Crippen LogP contribution in [0.25, 0.3) is 27.9 Å². The van der Waals surface area contributed by atoms with Crippen molar-refractivity contribution in [3.63, 3.8) is 0 Å². The monoisotopic (exact) mass is 1060 g/mol. The molecule has 70 heavy (non-hydrogen) atoms. The van der Waals surface area contributed by atoms with E-state index >= 15 is 0 Å². The lowest BCUT2D eigenvalue weighted by Gasteiger charge is -2.26. The number of Topliss-reactive ketones (excluding diaryl/α,β-unsaturated/α-hetero) is 2. The summed E-state index contributed by atoms with van der Waals surface area (Å²) in [7, 11) is 2.03. The van der Waals surface area contributed by atoms with E-state index in [-0.39, 0.29) is 17.0 Å². The maximum Gasteiger partial charge on any atom is 0.171 e. The molecule has 8 rings (SSSR count). The van der Waals surface area contributed by atoms with Crippen molar-refractivity contribution in [2.45, 2.75) is 176 Å². The molecule has 0 aromatic carbocycles. The van der Waals surface area contributed by atoms with E-state index in [0.29, 0.717) is 43.0 Å². The summed E-state index contributed by atoms with van der Waals surface area (Å²) in [6, 6.07) is 5.31. The summed E-state index contributed by atoms with van der Waals surface area (Å²) in [5, 5.41) is 0. The van der Waals surface area contributed by atoms with Crippen LogP contribution in [0.3, 0.4) is 0 Å². The number of hydrogen-bond acceptors (Lipinski definition) is 12. The predicted octanol–water partition coefficient (Wildman–Crippen LogP) is 12.3. The molecule has 5 aromatic heterocycles. The van der Waals surface area contributed by atoms with Crippen LogP contribution in [0, 0.1) is 10.8 Å². The molecule has 2 saturated carbocycles. The zero-order valence-electron chi connectivity index (χ0n) is 44.8. The van der Waals surface area contributed by atoms with E-state index < -0.39 is 21.6 Å². The minimum atomic E-state index is -1.14. The summed E-state index contributed by atoms with van der Waals surface area (Å²) in [6.45, 7) is 28.3. The first-order valence-corrected chi connectivity index (χ1v) is 33.6. The largest absolute Gasteiger partial charge is 0.361 e. The molecule has 0 atom stereocenters. The number of anilines is 2. The molecule has 0 unspecified atom stereocenters. The zero-order chi connectivity index (χ0) is 51.2. The highest BCUT2D eigenvalue weighted by molar-refractivity contribution is 9.10. The number of halogens is 1. The van der Waals surface area contributed by atoms with Gasteiger partial charge in [0.2, 0.25) is 0 Å². The Morgan fingerprint density at radius 2 is 1.21 bits per heavy atom. The van der Waals surface area contributed by atoms with E-state index in [1.807, 2.05) is 87.6 Å². The summed E-state index contributed by atoms with van der Waals surface area (Å²) in [5.74, 6) is 1.97. The number of carbonyl (C=O) groups is 2. The second-order valence-electron chi connectivity index (χ2n) is 23.9. The highest BCUT2D eigenvalue weighted by atomic mass is 79.9. The highest BCUT2D eigenvalue weighted by Gasteiger charge is 2.33. The Labute approximate surface area is 428 Å². The van der Waals surface area contributed by atoms with Gasteiger partial charge in [-0.1, -0.05) is 113 Å². The highest BCUT2D eigenvalue weighted by Crippen LogP contribution is 2.35. The van der Waals surface area contributed by atoms with Gasteiger partial charge >= 0.3 is 0 Å². The van der Waals surface area contributed by atoms with Gasteiger partial charge in [0.1, 0.15) is 40.7 Å². The zero-order valence-corrected chi connectivity index (χ0v) is 48.4. The van der Waals surface area contributed by atoms with Crippen LogP contribution >= 0.6 is 15.9 Å². The molecule has 0 radical (unpaired) electrons. The summed E-state index contributed by atoms with van der Waals surface area (Å²) < 4.78 is 16.3. The summed E-state index contributed by atoms with van der Waals surface area (Å²) in [6.07, 6.45) is 21.9. The van der Waals surface area contributed by atoms with Gasteiger partial charge in [0.15, 0.2) is 22.9 Å². The minimum absolute atomic E-state index is 0.0864. The Bertz CT molecular complexity index is 2610. The third-order valence-electron chi connectivity index (χ3n) is 13.3. The van der Waals surface area contributed by atoms with Gasteiger partial charge in [-0.05, 0) is 59.8 Å². The van der Waals surface area contributed by atoms with Crippen molar-refractivity contribution in [1.82, 2.24) is 39.0 Å². The SMILES string of the molecule is CN(c1cnc2c(n1)C(C(=O)C(C)(C)C)=CC2)C1CCCC1.CN(c1cnc2c(n1)c(C(=O)C(C)(C)C)cn2COCC[Si](C)(C)C)C1CCCC1.C[Si](C)(C)CCOCn1ccc2nc(Br)cnc21. The van der Waals surface area contributed by atoms with Gasteiger partial charge in [0.25, 0.3) is 0 Å². The number of allylic oxidation sites excluding steroid dienone is 2. The molecule has 3 aliphatic carbocycles. The van der Waals surface area contributed by atoms with Crippen LogP contribution in [0.5, 0.6) is 0 Å². The number of ketones is 2. The fourth-order valence-electron chi connectivity index (χ4n) is 8.80. The average molecular weight is 1060 g/mol. The first kappa shape index (κ1) is 55.2. The van der Waals surface area contributed by atoms with Crippen molar-refractivity contribution >= 4 is 83.2 Å². The van der Waals surface area contributed by atoms with Crippen LogP contribution in [-0.2, 0) is 34.2 Å². The molecule has 0 bridgehead atoms. The van der Waals surface area contributed by atoms with Gasteiger partial charge in [-0.2, -0.15) is 0 Å². The van der Waals surface area contributed by atoms with Crippen molar-refractivity contribution in [2.75, 3.05) is 37.1 Å². The van der Waals surface area contributed by atoms with E-state index in [4.69, 9.17) is 24.4 Å². The van der Waals surface area contributed by atoms with Crippen LogP contribution in [-0.4, -0.2) is 106 Å². The van der Waals surface area contributed by atoms with Gasteiger partial charge in [0, 0.05) is 90.8 Å². The maximum absolute atomic E-state index is 13.2. The quantitative estimate of drug-likeness (QED) is 0.0526. The van der Waals surface area contributed by atoms with Crippen LogP contribution in [0.15, 0.2) is 47.7 Å². The Morgan fingerprint density at radius 1 is 0.700 bits per heavy atom. The number of hydrogen-bond donors (Lipinski definition) is 0. The van der Waals surface area contributed by atoms with E-state index in [1.165, 1.54) is 57.4 Å². The molecule has 0 N–H and O–H groups in total. The number of fused-ring (bicyclic) bond motifs is 3. The third kappa shape index (κ3) is 14.7. The van der Waals surface area contributed by atoms with Crippen molar-refractivity contribution in [3.05, 3.63) is 64.7 Å². The standard InChI is InChI=1S/C23H38N4O2Si.C18H25N3O.C12H18BrN3OSi/c1-23(2,3)21(28)18-15-27(16-29-12-13-30(5,6)7)22-20(18)25-19(14-24-22)26(4)17-10-8-9-11-17;1-18(2,3)17(22)13-9-10-14-16(13)20-15(11-19-14)21(4)12-7-5-6-8-12;1-18(2,3)7-6-17-9-16-5-4-10-12(16)14-8-11(13)15-10/h14-15,17H,8-13,16H2,1-7H3;9,11-12H,5-8,10H2,1-4H3;4-5,8H,6-7,9H2,1-3H3. The molecule has 0 saturated heterocycles. The molecule has 17 heteroatoms. The van der Waals surface area contributed by atoms with Crippen LogP contribution in [0.1, 0.15) is 115 Å². The lowest BCUT2D eigenvalue weighted by atomic mass is 9.86. The Hall–Kier alpha value is -4.17. The van der Waals surface area contributed by atoms with Gasteiger partial charge in [-0.3, -0.25) is 14.6 Å². The maximum atomic E-state index is 13.2. The molecular formula is C53H81BrN10O4Si2. The minimum Gasteiger partial charge on any atom is -0.361 e. The Kier molecular flexibility index (Phi) is 18.2. The number of aromatic nitrogens is 8. The van der Waals surface area contributed by atoms with Crippen LogP contribution in [0.4, 0.5) is 11.6 Å². The van der Waals surface area contributed by atoms with E-state index in [0.717, 1.165) is 69.3 Å². The van der Waals surface area contributed by atoms with Crippen LogP contribution < -0.4 is 9.80 Å². The first-order valence-electron chi connectivity index (χ1n) is 25.4. The molecule has 5 heterocycles. The predicted molar refractivity (Wildman–Crippen MR) is 294 cm³/mol. The smallest absolute Gasteiger partial charge is 0.171 e. The molecule has 0 amide bonds. The average Bonchev–Trinajstić information content (AvgIpc) is 4.15. The lowest BCUT2D eigenvalue weighted by Crippen LogP contribution is -2.30. The molecule has 14 nitrogen and oxygen atoms in total. The van der Waals surface area contributed by atoms with Crippen molar-refractivity contribution in [1.29, 1.82) is 0 Å². The van der Waals surface area contributed by atoms with E-state index in [1.54, 1.807) is 6.20 Å². The number of nitrogens with zero attached hydrogens (tertiary/aromatic N) is 10. The number of ether oxygens (including phenoxy) is 2. The van der Waals surface area contributed by atoms with E-state index in [2.05, 4.69) is 94.1 Å². The normalized spacial score (nSPS) is 15.7. The fourth-order valence-corrected chi connectivity index (χ4v) is 10.6. The van der Waals surface area contributed by atoms with Crippen molar-refractivity contribution < 1.29 is 19.1 Å². The van der Waals surface area contributed by atoms with Crippen molar-refractivity contribution in [3.8, 4) is 0 Å². The first-order chi connectivity index (χ1) is 32.8. The lowest BCUT2D eigenvalue weighted by molar-refractivity contribution is -0.120. The molecule has 5 aromatic rings. The van der Waals surface area contributed by atoms with Gasteiger partial charge in [-0.15, -0.1) is 0 Å². The fraction of sp³-hybridized carbons (Fsp3) is 0.623. The summed E-state index contributed by atoms with van der Waals surface area (Å²) in [5.41, 5.74) is 5.40. The second-order valence-corrected chi connectivity index (χ2v) is 36.0. The molecule has 2 fully saturated rings. The number of rotatable bonds is 16. The molecule has 3 aliphatic rings. The van der Waals surface area contributed by atoms with E-state index in [9.17, 15) is 9.59 Å². The van der Waals surface area contributed by atoms with Crippen LogP contribution in [0.2, 0.25) is 51.4 Å². The molecule has 0 spiro atoms. The molecular weight excluding hydrogens is 977 g/mol. The summed E-state index contributed by atoms with van der Waals surface area (Å²) >= 11 is 3.32. The topological polar surface area (TPSA) is 146 Å². The van der Waals surface area contributed by atoms with Crippen molar-refractivity contribution in [2.24, 2.45) is 10.8 Å². The van der Waals surface area contributed by atoms with Gasteiger partial charge in [-0.25, -0.2) is 24.9 Å². The number of carbonyl (C=O) groups excluding carboxylic acids is 2. The second kappa shape index (κ2) is 23.1. The Morgan fingerprint density at radius 3 is 1.76 bits per heavy atom. The van der Waals surface area contributed by atoms with Gasteiger partial charge < -0.3 is 28.4 Å². The Balaban J connectivity index is 0.000000178. The third-order valence-corrected chi connectivity index (χ3v) is 17.1. The summed E-state index contributed by atoms with van der Waals surface area (Å²) in [4.78, 5) is 57.9. The molecule has 382 valence electrons.